The van der Waals surface area contributed by atoms with Gasteiger partial charge in [0.2, 0.25) is 10.0 Å². The van der Waals surface area contributed by atoms with Crippen LogP contribution in [0.5, 0.6) is 5.75 Å². The Morgan fingerprint density at radius 2 is 1.72 bits per heavy atom. The summed E-state index contributed by atoms with van der Waals surface area (Å²) in [5.41, 5.74) is 1.06. The van der Waals surface area contributed by atoms with Gasteiger partial charge in [-0.25, -0.2) is 8.42 Å². The molecule has 2 fully saturated rings. The molecule has 4 rings (SSSR count). The van der Waals surface area contributed by atoms with E-state index in [1.54, 1.807) is 0 Å². The molecule has 9 heteroatoms. The molecular formula is C20H20F3NO4S. The van der Waals surface area contributed by atoms with E-state index in [2.05, 4.69) is 4.74 Å². The predicted molar refractivity (Wildman–Crippen MR) is 98.9 cm³/mol. The largest absolute Gasteiger partial charge is 0.573 e. The number of hydrogen-bond acceptors (Lipinski definition) is 4. The molecule has 2 aromatic rings. The summed E-state index contributed by atoms with van der Waals surface area (Å²) in [6.45, 7) is 1.27. The van der Waals surface area contributed by atoms with Gasteiger partial charge < -0.3 is 9.47 Å². The van der Waals surface area contributed by atoms with E-state index < -0.39 is 22.1 Å². The van der Waals surface area contributed by atoms with Crippen LogP contribution in [-0.2, 0) is 14.8 Å². The first-order valence-corrected chi connectivity index (χ1v) is 10.7. The molecule has 0 N–H and O–H groups in total. The van der Waals surface area contributed by atoms with E-state index in [1.165, 1.54) is 4.31 Å². The third-order valence-corrected chi connectivity index (χ3v) is 7.42. The normalized spacial score (nSPS) is 25.6. The summed E-state index contributed by atoms with van der Waals surface area (Å²) in [4.78, 5) is -0.0500. The first kappa shape index (κ1) is 20.2. The summed E-state index contributed by atoms with van der Waals surface area (Å²) in [6, 6.07) is 13.9. The Kier molecular flexibility index (Phi) is 5.30. The van der Waals surface area contributed by atoms with Crippen molar-refractivity contribution < 1.29 is 31.1 Å². The van der Waals surface area contributed by atoms with Gasteiger partial charge in [0.05, 0.1) is 11.5 Å². The Balaban J connectivity index is 1.62. The number of hydrogen-bond donors (Lipinski definition) is 0. The van der Waals surface area contributed by atoms with Crippen LogP contribution in [0.2, 0.25) is 0 Å². The maximum atomic E-state index is 13.3. The molecule has 0 saturated carbocycles. The number of halogens is 3. The minimum Gasteiger partial charge on any atom is -0.406 e. The van der Waals surface area contributed by atoms with Crippen LogP contribution in [0.15, 0.2) is 59.5 Å². The lowest BCUT2D eigenvalue weighted by Crippen LogP contribution is -2.42. The van der Waals surface area contributed by atoms with E-state index in [1.807, 2.05) is 30.3 Å². The quantitative estimate of drug-likeness (QED) is 0.745. The molecule has 2 aliphatic heterocycles. The van der Waals surface area contributed by atoms with Crippen molar-refractivity contribution in [1.29, 1.82) is 0 Å². The second-order valence-corrected chi connectivity index (χ2v) is 9.10. The Morgan fingerprint density at radius 1 is 1.03 bits per heavy atom. The average molecular weight is 427 g/mol. The summed E-state index contributed by atoms with van der Waals surface area (Å²) >= 11 is 0. The Bertz CT molecular complexity index is 948. The fourth-order valence-electron chi connectivity index (χ4n) is 4.23. The summed E-state index contributed by atoms with van der Waals surface area (Å²) in [5.74, 6) is -0.415. The topological polar surface area (TPSA) is 55.8 Å². The highest BCUT2D eigenvalue weighted by molar-refractivity contribution is 7.89. The van der Waals surface area contributed by atoms with E-state index in [9.17, 15) is 21.6 Å². The van der Waals surface area contributed by atoms with Gasteiger partial charge in [0.1, 0.15) is 5.75 Å². The molecular weight excluding hydrogens is 407 g/mol. The van der Waals surface area contributed by atoms with Crippen LogP contribution in [-0.4, -0.2) is 44.9 Å². The Hall–Kier alpha value is -2.10. The molecule has 0 spiro atoms. The molecule has 156 valence electrons. The van der Waals surface area contributed by atoms with Crippen molar-refractivity contribution in [2.45, 2.75) is 29.6 Å². The minimum atomic E-state index is -4.83. The minimum absolute atomic E-state index is 0.00381. The smallest absolute Gasteiger partial charge is 0.406 e. The van der Waals surface area contributed by atoms with E-state index in [0.29, 0.717) is 26.2 Å². The van der Waals surface area contributed by atoms with Crippen LogP contribution in [0.25, 0.3) is 0 Å². The van der Waals surface area contributed by atoms with Gasteiger partial charge >= 0.3 is 6.36 Å². The summed E-state index contributed by atoms with van der Waals surface area (Å²) < 4.78 is 74.6. The molecule has 2 saturated heterocycles. The monoisotopic (exact) mass is 427 g/mol. The average Bonchev–Trinajstić information content (AvgIpc) is 3.08. The van der Waals surface area contributed by atoms with Gasteiger partial charge in [0, 0.05) is 31.0 Å². The second-order valence-electron chi connectivity index (χ2n) is 7.21. The molecule has 2 aliphatic rings. The van der Waals surface area contributed by atoms with Crippen molar-refractivity contribution in [2.75, 3.05) is 19.8 Å². The lowest BCUT2D eigenvalue weighted by molar-refractivity contribution is -0.274. The zero-order chi connectivity index (χ0) is 20.6. The molecule has 0 aromatic heterocycles. The molecule has 3 unspecified atom stereocenters. The van der Waals surface area contributed by atoms with Crippen molar-refractivity contribution >= 4 is 10.0 Å². The first-order valence-electron chi connectivity index (χ1n) is 9.26. The molecule has 0 aliphatic carbocycles. The lowest BCUT2D eigenvalue weighted by Gasteiger charge is -2.32. The third-order valence-electron chi connectivity index (χ3n) is 5.52. The first-order chi connectivity index (χ1) is 13.8. The van der Waals surface area contributed by atoms with Crippen molar-refractivity contribution in [1.82, 2.24) is 4.31 Å². The van der Waals surface area contributed by atoms with Gasteiger partial charge in [0.25, 0.3) is 0 Å². The second kappa shape index (κ2) is 7.62. The lowest BCUT2D eigenvalue weighted by atomic mass is 9.84. The summed E-state index contributed by atoms with van der Waals surface area (Å²) in [6.07, 6.45) is -4.24. The highest BCUT2D eigenvalue weighted by Crippen LogP contribution is 2.43. The highest BCUT2D eigenvalue weighted by Gasteiger charge is 2.48. The maximum absolute atomic E-state index is 13.3. The predicted octanol–water partition coefficient (Wildman–Crippen LogP) is 3.78. The molecule has 0 bridgehead atoms. The fourth-order valence-corrected chi connectivity index (χ4v) is 5.96. The fraction of sp³-hybridized carbons (Fsp3) is 0.400. The standard InChI is InChI=1S/C20H20F3NO4S/c21-20(22,23)28-15-6-8-16(9-7-15)29(25,26)24-12-17(14-4-2-1-3-5-14)18-13-27-11-10-19(18)24/h1-9,17-19H,10-13H2. The van der Waals surface area contributed by atoms with Gasteiger partial charge in [-0.15, -0.1) is 13.2 Å². The zero-order valence-electron chi connectivity index (χ0n) is 15.4. The SMILES string of the molecule is O=S(=O)(c1ccc(OC(F)(F)F)cc1)N1CC(c2ccccc2)C2COCCC21. The van der Waals surface area contributed by atoms with Gasteiger partial charge in [-0.3, -0.25) is 0 Å². The van der Waals surface area contributed by atoms with Crippen molar-refractivity contribution in [3.05, 3.63) is 60.2 Å². The number of benzene rings is 2. The molecule has 2 aromatic carbocycles. The van der Waals surface area contributed by atoms with Crippen LogP contribution >= 0.6 is 0 Å². The highest BCUT2D eigenvalue weighted by atomic mass is 32.2. The van der Waals surface area contributed by atoms with Crippen LogP contribution in [0.3, 0.4) is 0 Å². The maximum Gasteiger partial charge on any atom is 0.573 e. The van der Waals surface area contributed by atoms with E-state index in [0.717, 1.165) is 29.8 Å². The van der Waals surface area contributed by atoms with E-state index in [4.69, 9.17) is 4.74 Å². The van der Waals surface area contributed by atoms with Gasteiger partial charge in [-0.1, -0.05) is 30.3 Å². The number of ether oxygens (including phenoxy) is 2. The third kappa shape index (κ3) is 4.12. The molecule has 2 heterocycles. The number of alkyl halides is 3. The van der Waals surface area contributed by atoms with Crippen LogP contribution in [0.4, 0.5) is 13.2 Å². The number of fused-ring (bicyclic) bond motifs is 1. The Morgan fingerprint density at radius 3 is 2.38 bits per heavy atom. The molecule has 29 heavy (non-hydrogen) atoms. The molecule has 3 atom stereocenters. The van der Waals surface area contributed by atoms with Crippen LogP contribution in [0.1, 0.15) is 17.9 Å². The molecule has 0 radical (unpaired) electrons. The zero-order valence-corrected chi connectivity index (χ0v) is 16.2. The number of nitrogens with zero attached hydrogens (tertiary/aromatic N) is 1. The van der Waals surface area contributed by atoms with Crippen molar-refractivity contribution in [3.63, 3.8) is 0 Å². The van der Waals surface area contributed by atoms with Crippen LogP contribution < -0.4 is 4.74 Å². The van der Waals surface area contributed by atoms with Crippen LogP contribution in [0, 0.1) is 5.92 Å². The molecule has 5 nitrogen and oxygen atoms in total. The summed E-state index contributed by atoms with van der Waals surface area (Å²) in [7, 11) is -3.87. The van der Waals surface area contributed by atoms with Gasteiger partial charge in [0.15, 0.2) is 0 Å². The molecule has 0 amide bonds. The number of sulfonamides is 1. The van der Waals surface area contributed by atoms with Crippen molar-refractivity contribution in [2.24, 2.45) is 5.92 Å². The van der Waals surface area contributed by atoms with Gasteiger partial charge in [-0.2, -0.15) is 4.31 Å². The van der Waals surface area contributed by atoms with E-state index in [-0.39, 0.29) is 22.8 Å². The number of rotatable bonds is 4. The van der Waals surface area contributed by atoms with E-state index >= 15 is 0 Å². The Labute approximate surface area is 167 Å². The van der Waals surface area contributed by atoms with Gasteiger partial charge in [-0.05, 0) is 36.2 Å². The summed E-state index contributed by atoms with van der Waals surface area (Å²) in [5, 5.41) is 0. The van der Waals surface area contributed by atoms with Crippen molar-refractivity contribution in [3.8, 4) is 5.75 Å².